The molecule has 0 aliphatic rings. The summed E-state index contributed by atoms with van der Waals surface area (Å²) in [4.78, 5) is 12.4. The summed E-state index contributed by atoms with van der Waals surface area (Å²) in [5.41, 5.74) is 1.17. The summed E-state index contributed by atoms with van der Waals surface area (Å²) in [7, 11) is 1.67. The van der Waals surface area contributed by atoms with Gasteiger partial charge in [0.25, 0.3) is 5.91 Å². The van der Waals surface area contributed by atoms with Crippen molar-refractivity contribution in [2.75, 3.05) is 7.11 Å². The fraction of sp³-hybridized carbons (Fsp3) is 0.471. The van der Waals surface area contributed by atoms with E-state index in [0.717, 1.165) is 10.9 Å². The Kier molecular flexibility index (Phi) is 4.83. The Balaban J connectivity index is 2.18. The molecule has 0 unspecified atom stereocenters. The van der Waals surface area contributed by atoms with Crippen LogP contribution in [0.2, 0.25) is 5.02 Å². The van der Waals surface area contributed by atoms with E-state index in [0.29, 0.717) is 22.8 Å². The predicted octanol–water partition coefficient (Wildman–Crippen LogP) is 4.33. The number of aryl methyl sites for hydroxylation is 1. The van der Waals surface area contributed by atoms with Crippen molar-refractivity contribution in [2.24, 2.45) is 0 Å². The molecule has 0 fully saturated rings. The number of methoxy groups -OCH3 is 1. The first-order chi connectivity index (χ1) is 10.2. The molecule has 0 aliphatic carbocycles. The van der Waals surface area contributed by atoms with E-state index >= 15 is 0 Å². The molecule has 0 aliphatic heterocycles. The molecule has 1 N–H and O–H groups in total. The number of fused-ring (bicyclic) bond motifs is 1. The summed E-state index contributed by atoms with van der Waals surface area (Å²) in [6.07, 6.45) is 0.709. The van der Waals surface area contributed by atoms with E-state index in [1.165, 1.54) is 0 Å². The molecule has 2 aromatic rings. The van der Waals surface area contributed by atoms with Gasteiger partial charge >= 0.3 is 0 Å². The first-order valence-corrected chi connectivity index (χ1v) is 7.66. The number of ether oxygens (including phenoxy) is 1. The van der Waals surface area contributed by atoms with Gasteiger partial charge < -0.3 is 14.5 Å². The molecule has 1 aromatic carbocycles. The van der Waals surface area contributed by atoms with E-state index in [4.69, 9.17) is 20.8 Å². The second kappa shape index (κ2) is 6.31. The van der Waals surface area contributed by atoms with Crippen LogP contribution >= 0.6 is 11.6 Å². The first-order valence-electron chi connectivity index (χ1n) is 7.28. The van der Waals surface area contributed by atoms with Crippen LogP contribution < -0.4 is 5.32 Å². The number of rotatable bonds is 5. The molecule has 2 rings (SSSR count). The highest BCUT2D eigenvalue weighted by Crippen LogP contribution is 2.28. The topological polar surface area (TPSA) is 51.5 Å². The number of hydrogen-bond donors (Lipinski definition) is 1. The third-order valence-corrected chi connectivity index (χ3v) is 4.07. The highest BCUT2D eigenvalue weighted by Gasteiger charge is 2.24. The smallest absolute Gasteiger partial charge is 0.287 e. The van der Waals surface area contributed by atoms with Crippen LogP contribution in [-0.2, 0) is 4.74 Å². The quantitative estimate of drug-likeness (QED) is 0.891. The second-order valence-electron chi connectivity index (χ2n) is 6.24. The Labute approximate surface area is 135 Å². The zero-order valence-electron chi connectivity index (χ0n) is 13.6. The number of furan rings is 1. The van der Waals surface area contributed by atoms with Gasteiger partial charge in [0, 0.05) is 29.1 Å². The Bertz CT molecular complexity index is 691. The average molecular weight is 324 g/mol. The van der Waals surface area contributed by atoms with Gasteiger partial charge in [-0.05, 0) is 52.3 Å². The molecule has 0 saturated heterocycles. The van der Waals surface area contributed by atoms with Gasteiger partial charge in [0.2, 0.25) is 0 Å². The maximum absolute atomic E-state index is 12.4. The Morgan fingerprint density at radius 3 is 2.77 bits per heavy atom. The molecule has 0 radical (unpaired) electrons. The van der Waals surface area contributed by atoms with Crippen molar-refractivity contribution >= 4 is 28.5 Å². The average Bonchev–Trinajstić information content (AvgIpc) is 2.75. The van der Waals surface area contributed by atoms with Gasteiger partial charge in [-0.2, -0.15) is 0 Å². The Morgan fingerprint density at radius 1 is 1.45 bits per heavy atom. The summed E-state index contributed by atoms with van der Waals surface area (Å²) < 4.78 is 11.1. The molecule has 5 heteroatoms. The van der Waals surface area contributed by atoms with Crippen LogP contribution in [0.15, 0.2) is 22.6 Å². The lowest BCUT2D eigenvalue weighted by molar-refractivity contribution is 0.00875. The number of benzene rings is 1. The van der Waals surface area contributed by atoms with Crippen molar-refractivity contribution in [3.05, 3.63) is 34.5 Å². The predicted molar refractivity (Wildman–Crippen MR) is 88.6 cm³/mol. The molecular formula is C17H22ClNO3. The van der Waals surface area contributed by atoms with Crippen LogP contribution in [0.1, 0.15) is 43.3 Å². The first kappa shape index (κ1) is 16.8. The minimum Gasteiger partial charge on any atom is -0.451 e. The molecule has 120 valence electrons. The molecule has 0 bridgehead atoms. The minimum atomic E-state index is -0.289. The Hall–Kier alpha value is -1.52. The van der Waals surface area contributed by atoms with Gasteiger partial charge in [-0.1, -0.05) is 11.6 Å². The zero-order chi connectivity index (χ0) is 16.5. The lowest BCUT2D eigenvalue weighted by atomic mass is 10.00. The normalized spacial score (nSPS) is 13.4. The van der Waals surface area contributed by atoms with Gasteiger partial charge in [0.15, 0.2) is 5.76 Å². The minimum absolute atomic E-state index is 0.0290. The highest BCUT2D eigenvalue weighted by atomic mass is 35.5. The van der Waals surface area contributed by atoms with Crippen molar-refractivity contribution in [3.63, 3.8) is 0 Å². The summed E-state index contributed by atoms with van der Waals surface area (Å²) in [5, 5.41) is 4.44. The van der Waals surface area contributed by atoms with E-state index in [9.17, 15) is 4.79 Å². The van der Waals surface area contributed by atoms with E-state index < -0.39 is 0 Å². The van der Waals surface area contributed by atoms with Crippen molar-refractivity contribution in [3.8, 4) is 0 Å². The maximum Gasteiger partial charge on any atom is 0.287 e. The number of halogens is 1. The van der Waals surface area contributed by atoms with Crippen molar-refractivity contribution in [2.45, 2.75) is 45.8 Å². The lowest BCUT2D eigenvalue weighted by Crippen LogP contribution is -2.39. The van der Waals surface area contributed by atoms with Gasteiger partial charge in [-0.3, -0.25) is 4.79 Å². The largest absolute Gasteiger partial charge is 0.451 e. The van der Waals surface area contributed by atoms with Gasteiger partial charge in [-0.15, -0.1) is 0 Å². The van der Waals surface area contributed by atoms with Crippen molar-refractivity contribution in [1.82, 2.24) is 5.32 Å². The van der Waals surface area contributed by atoms with Crippen molar-refractivity contribution < 1.29 is 13.9 Å². The summed E-state index contributed by atoms with van der Waals surface area (Å²) in [6, 6.07) is 5.31. The molecule has 22 heavy (non-hydrogen) atoms. The monoisotopic (exact) mass is 323 g/mol. The van der Waals surface area contributed by atoms with Gasteiger partial charge in [0.1, 0.15) is 5.58 Å². The number of nitrogens with one attached hydrogen (secondary N) is 1. The summed E-state index contributed by atoms with van der Waals surface area (Å²) in [6.45, 7) is 7.79. The third kappa shape index (κ3) is 3.62. The molecule has 0 spiro atoms. The van der Waals surface area contributed by atoms with E-state index in [2.05, 4.69) is 5.32 Å². The molecule has 1 aromatic heterocycles. The fourth-order valence-corrected chi connectivity index (χ4v) is 2.74. The number of amides is 1. The van der Waals surface area contributed by atoms with Crippen LogP contribution in [0.25, 0.3) is 11.0 Å². The molecule has 1 amide bonds. The fourth-order valence-electron chi connectivity index (χ4n) is 2.57. The van der Waals surface area contributed by atoms with Gasteiger partial charge in [0.05, 0.1) is 5.60 Å². The maximum atomic E-state index is 12.4. The molecular weight excluding hydrogens is 302 g/mol. The van der Waals surface area contributed by atoms with E-state index in [1.807, 2.05) is 33.8 Å². The van der Waals surface area contributed by atoms with E-state index in [1.54, 1.807) is 19.2 Å². The highest BCUT2D eigenvalue weighted by molar-refractivity contribution is 6.31. The standard InChI is InChI=1S/C17H22ClNO3/c1-10(9-17(3,4)21-5)19-16(20)15-11(2)13-8-12(18)6-7-14(13)22-15/h6-8,10H,9H2,1-5H3,(H,19,20)/t10-/m0/s1. The lowest BCUT2D eigenvalue weighted by Gasteiger charge is -2.26. The van der Waals surface area contributed by atoms with Crippen LogP contribution in [-0.4, -0.2) is 24.7 Å². The molecule has 1 heterocycles. The van der Waals surface area contributed by atoms with Crippen LogP contribution in [0.4, 0.5) is 0 Å². The second-order valence-corrected chi connectivity index (χ2v) is 6.68. The number of hydrogen-bond acceptors (Lipinski definition) is 3. The third-order valence-electron chi connectivity index (χ3n) is 3.83. The van der Waals surface area contributed by atoms with Gasteiger partial charge in [-0.25, -0.2) is 0 Å². The number of carbonyl (C=O) groups is 1. The molecule has 1 atom stereocenters. The van der Waals surface area contributed by atoms with Crippen molar-refractivity contribution in [1.29, 1.82) is 0 Å². The van der Waals surface area contributed by atoms with Crippen LogP contribution in [0, 0.1) is 6.92 Å². The SMILES string of the molecule is COC(C)(C)C[C@H](C)NC(=O)c1oc2ccc(Cl)cc2c1C. The zero-order valence-corrected chi connectivity index (χ0v) is 14.4. The van der Waals surface area contributed by atoms with Crippen LogP contribution in [0.3, 0.4) is 0 Å². The number of carbonyl (C=O) groups excluding carboxylic acids is 1. The Morgan fingerprint density at radius 2 is 2.14 bits per heavy atom. The summed E-state index contributed by atoms with van der Waals surface area (Å²) >= 11 is 6.00. The molecule has 0 saturated carbocycles. The molecule has 4 nitrogen and oxygen atoms in total. The van der Waals surface area contributed by atoms with E-state index in [-0.39, 0.29) is 17.6 Å². The summed E-state index contributed by atoms with van der Waals surface area (Å²) in [5.74, 6) is 0.114. The van der Waals surface area contributed by atoms with Crippen LogP contribution in [0.5, 0.6) is 0 Å².